The van der Waals surface area contributed by atoms with E-state index in [9.17, 15) is 19.2 Å². The van der Waals surface area contributed by atoms with Crippen molar-refractivity contribution in [1.29, 1.82) is 0 Å². The van der Waals surface area contributed by atoms with Crippen LogP contribution in [0.15, 0.2) is 77.2 Å². The second-order valence-corrected chi connectivity index (χ2v) is 9.66. The zero-order valence-electron chi connectivity index (χ0n) is 21.5. The van der Waals surface area contributed by atoms with Gasteiger partial charge in [-0.1, -0.05) is 60.7 Å². The van der Waals surface area contributed by atoms with Gasteiger partial charge in [0.15, 0.2) is 11.5 Å². The third kappa shape index (κ3) is 6.03. The third-order valence-corrected chi connectivity index (χ3v) is 7.05. The number of amides is 2. The number of nitrogens with zero attached hydrogens (tertiary/aromatic N) is 2. The van der Waals surface area contributed by atoms with Crippen molar-refractivity contribution in [3.8, 4) is 0 Å². The molecular formula is C30H30N2O7. The summed E-state index contributed by atoms with van der Waals surface area (Å²) in [6, 6.07) is 20.1. The van der Waals surface area contributed by atoms with Crippen molar-refractivity contribution in [1.82, 2.24) is 9.80 Å². The maximum absolute atomic E-state index is 13.2. The lowest BCUT2D eigenvalue weighted by Gasteiger charge is -2.23. The van der Waals surface area contributed by atoms with Gasteiger partial charge in [-0.3, -0.25) is 9.59 Å². The average Bonchev–Trinajstić information content (AvgIpc) is 3.76. The van der Waals surface area contributed by atoms with Gasteiger partial charge < -0.3 is 23.7 Å². The quantitative estimate of drug-likeness (QED) is 0.406. The van der Waals surface area contributed by atoms with Crippen LogP contribution in [0.3, 0.4) is 0 Å². The molecule has 2 aliphatic heterocycles. The Morgan fingerprint density at radius 2 is 1.05 bits per heavy atom. The van der Waals surface area contributed by atoms with Gasteiger partial charge in [-0.2, -0.15) is 0 Å². The van der Waals surface area contributed by atoms with Crippen molar-refractivity contribution in [2.24, 2.45) is 0 Å². The summed E-state index contributed by atoms with van der Waals surface area (Å²) in [5.74, 6) is -1.98. The van der Waals surface area contributed by atoms with Crippen molar-refractivity contribution in [2.75, 3.05) is 13.1 Å². The molecule has 0 saturated carbocycles. The molecule has 2 aromatic carbocycles. The topological polar surface area (TPSA) is 106 Å². The summed E-state index contributed by atoms with van der Waals surface area (Å²) in [6.07, 6.45) is 2.30. The lowest BCUT2D eigenvalue weighted by molar-refractivity contribution is -0.150. The van der Waals surface area contributed by atoms with Gasteiger partial charge in [0.05, 0.1) is 0 Å². The molecule has 2 saturated heterocycles. The maximum Gasteiger partial charge on any atom is 0.329 e. The Balaban J connectivity index is 1.19. The summed E-state index contributed by atoms with van der Waals surface area (Å²) in [5, 5.41) is 0. The minimum Gasteiger partial charge on any atom is -0.459 e. The number of hydrogen-bond acceptors (Lipinski definition) is 7. The molecule has 5 rings (SSSR count). The Kier molecular flexibility index (Phi) is 8.05. The predicted octanol–water partition coefficient (Wildman–Crippen LogP) is 3.98. The fourth-order valence-corrected chi connectivity index (χ4v) is 5.01. The van der Waals surface area contributed by atoms with E-state index in [4.69, 9.17) is 13.9 Å². The largest absolute Gasteiger partial charge is 0.459 e. The summed E-state index contributed by atoms with van der Waals surface area (Å²) in [7, 11) is 0. The first kappa shape index (κ1) is 26.2. The highest BCUT2D eigenvalue weighted by Crippen LogP contribution is 2.25. The van der Waals surface area contributed by atoms with E-state index in [1.807, 2.05) is 60.7 Å². The van der Waals surface area contributed by atoms with Crippen molar-refractivity contribution in [2.45, 2.75) is 51.0 Å². The van der Waals surface area contributed by atoms with E-state index < -0.39 is 35.8 Å². The number of ether oxygens (including phenoxy) is 2. The average molecular weight is 531 g/mol. The van der Waals surface area contributed by atoms with Crippen molar-refractivity contribution in [3.63, 3.8) is 0 Å². The van der Waals surface area contributed by atoms with Crippen LogP contribution in [0.5, 0.6) is 0 Å². The van der Waals surface area contributed by atoms with Crippen molar-refractivity contribution < 1.29 is 33.1 Å². The lowest BCUT2D eigenvalue weighted by Crippen LogP contribution is -2.41. The van der Waals surface area contributed by atoms with E-state index in [1.54, 1.807) is 0 Å². The van der Waals surface area contributed by atoms with Crippen LogP contribution in [0.1, 0.15) is 57.9 Å². The van der Waals surface area contributed by atoms with Gasteiger partial charge in [-0.15, -0.1) is 0 Å². The molecule has 1 aromatic heterocycles. The number of benzene rings is 2. The van der Waals surface area contributed by atoms with Gasteiger partial charge in [0.25, 0.3) is 11.8 Å². The first-order valence-corrected chi connectivity index (χ1v) is 13.1. The SMILES string of the molecule is O=C(OCc1ccccc1)C1CCCN1C(=O)c1ccc(C(=O)N2CCCC2C(=O)OCc2ccccc2)o1. The van der Waals surface area contributed by atoms with Crippen LogP contribution in [0.4, 0.5) is 0 Å². The van der Waals surface area contributed by atoms with Gasteiger partial charge in [0.1, 0.15) is 25.3 Å². The van der Waals surface area contributed by atoms with E-state index >= 15 is 0 Å². The first-order valence-electron chi connectivity index (χ1n) is 13.1. The second-order valence-electron chi connectivity index (χ2n) is 9.66. The van der Waals surface area contributed by atoms with Gasteiger partial charge in [-0.05, 0) is 48.9 Å². The molecule has 9 nitrogen and oxygen atoms in total. The molecule has 2 aliphatic rings. The Morgan fingerprint density at radius 3 is 1.46 bits per heavy atom. The van der Waals surface area contributed by atoms with Crippen LogP contribution in [0.25, 0.3) is 0 Å². The molecule has 9 heteroatoms. The summed E-state index contributed by atoms with van der Waals surface area (Å²) in [5.41, 5.74) is 1.72. The number of carbonyl (C=O) groups is 4. The smallest absolute Gasteiger partial charge is 0.329 e. The zero-order valence-corrected chi connectivity index (χ0v) is 21.5. The minimum atomic E-state index is -0.715. The molecule has 3 heterocycles. The molecule has 202 valence electrons. The van der Waals surface area contributed by atoms with Gasteiger partial charge in [0.2, 0.25) is 0 Å². The van der Waals surface area contributed by atoms with Crippen molar-refractivity contribution in [3.05, 3.63) is 95.4 Å². The molecule has 2 atom stereocenters. The molecule has 0 radical (unpaired) electrons. The highest BCUT2D eigenvalue weighted by atomic mass is 16.5. The summed E-state index contributed by atoms with van der Waals surface area (Å²) >= 11 is 0. The van der Waals surface area contributed by atoms with Crippen LogP contribution < -0.4 is 0 Å². The standard InChI is InChI=1S/C30H30N2O7/c33-27(31-17-7-13-23(31)29(35)37-19-21-9-3-1-4-10-21)25-15-16-26(39-25)28(34)32-18-8-14-24(32)30(36)38-20-22-11-5-2-6-12-22/h1-6,9-12,15-16,23-24H,7-8,13-14,17-20H2. The van der Waals surface area contributed by atoms with Crippen LogP contribution in [-0.4, -0.2) is 58.7 Å². The van der Waals surface area contributed by atoms with Gasteiger partial charge in [-0.25, -0.2) is 9.59 Å². The predicted molar refractivity (Wildman–Crippen MR) is 139 cm³/mol. The number of carbonyl (C=O) groups excluding carboxylic acids is 4. The maximum atomic E-state index is 13.2. The Bertz CT molecular complexity index is 1220. The number of furan rings is 1. The van der Waals surface area contributed by atoms with Crippen LogP contribution in [0.2, 0.25) is 0 Å². The third-order valence-electron chi connectivity index (χ3n) is 7.05. The molecule has 2 amide bonds. The normalized spacial score (nSPS) is 18.7. The number of hydrogen-bond donors (Lipinski definition) is 0. The first-order chi connectivity index (χ1) is 19.0. The lowest BCUT2D eigenvalue weighted by atomic mass is 10.2. The molecule has 0 spiro atoms. The van der Waals surface area contributed by atoms with Crippen LogP contribution in [0, 0.1) is 0 Å². The summed E-state index contributed by atoms with van der Waals surface area (Å²) in [6.45, 7) is 1.02. The summed E-state index contributed by atoms with van der Waals surface area (Å²) in [4.78, 5) is 54.8. The molecular weight excluding hydrogens is 500 g/mol. The van der Waals surface area contributed by atoms with E-state index in [0.29, 0.717) is 38.8 Å². The molecule has 0 bridgehead atoms. The molecule has 0 aliphatic carbocycles. The Hall–Kier alpha value is -4.40. The fourth-order valence-electron chi connectivity index (χ4n) is 5.01. The molecule has 3 aromatic rings. The van der Waals surface area contributed by atoms with Gasteiger partial charge in [0, 0.05) is 13.1 Å². The van der Waals surface area contributed by atoms with Crippen LogP contribution >= 0.6 is 0 Å². The van der Waals surface area contributed by atoms with Gasteiger partial charge >= 0.3 is 11.9 Å². The number of rotatable bonds is 8. The van der Waals surface area contributed by atoms with E-state index in [2.05, 4.69) is 0 Å². The molecule has 2 unspecified atom stereocenters. The monoisotopic (exact) mass is 530 g/mol. The second kappa shape index (κ2) is 12.0. The Labute approximate surface area is 226 Å². The van der Waals surface area contributed by atoms with E-state index in [1.165, 1.54) is 21.9 Å². The fraction of sp³-hybridized carbons (Fsp3) is 0.333. The van der Waals surface area contributed by atoms with Crippen molar-refractivity contribution >= 4 is 23.8 Å². The number of likely N-dealkylation sites (tertiary alicyclic amines) is 2. The molecule has 39 heavy (non-hydrogen) atoms. The molecule has 2 fully saturated rings. The Morgan fingerprint density at radius 1 is 0.641 bits per heavy atom. The summed E-state index contributed by atoms with van der Waals surface area (Å²) < 4.78 is 16.6. The minimum absolute atomic E-state index is 0.0384. The van der Waals surface area contributed by atoms with E-state index in [-0.39, 0.29) is 24.7 Å². The highest BCUT2D eigenvalue weighted by molar-refractivity contribution is 5.98. The number of esters is 2. The highest BCUT2D eigenvalue weighted by Gasteiger charge is 2.39. The van der Waals surface area contributed by atoms with E-state index in [0.717, 1.165) is 11.1 Å². The zero-order chi connectivity index (χ0) is 27.2. The molecule has 0 N–H and O–H groups in total. The van der Waals surface area contributed by atoms with Crippen LogP contribution in [-0.2, 0) is 32.3 Å².